The van der Waals surface area contributed by atoms with E-state index in [1.165, 1.54) is 11.1 Å². The molecule has 0 spiro atoms. The topological polar surface area (TPSA) is 72.3 Å². The lowest BCUT2D eigenvalue weighted by Gasteiger charge is -2.21. The molecule has 0 aliphatic carbocycles. The molecule has 1 heterocycles. The first-order chi connectivity index (χ1) is 10.1. The van der Waals surface area contributed by atoms with Gasteiger partial charge in [-0.25, -0.2) is 0 Å². The highest BCUT2D eigenvalue weighted by Crippen LogP contribution is 2.21. The fraction of sp³-hybridized carbons (Fsp3) is 0.235. The van der Waals surface area contributed by atoms with Gasteiger partial charge < -0.3 is 16.4 Å². The van der Waals surface area contributed by atoms with Gasteiger partial charge in [0.05, 0.1) is 0 Å². The molecule has 2 aromatic carbocycles. The largest absolute Gasteiger partial charge is 0.399 e. The molecular formula is C17H19N3O. The van der Waals surface area contributed by atoms with Crippen molar-refractivity contribution in [1.82, 2.24) is 4.90 Å². The number of rotatable bonds is 1. The third-order valence-corrected chi connectivity index (χ3v) is 3.87. The van der Waals surface area contributed by atoms with Crippen molar-refractivity contribution < 1.29 is 4.79 Å². The number of benzene rings is 2. The van der Waals surface area contributed by atoms with Crippen molar-refractivity contribution in [2.45, 2.75) is 19.4 Å². The Kier molecular flexibility index (Phi) is 3.52. The Morgan fingerprint density at radius 1 is 1.00 bits per heavy atom. The molecule has 0 bridgehead atoms. The number of carbonyl (C=O) groups excluding carboxylic acids is 1. The van der Waals surface area contributed by atoms with E-state index in [4.69, 9.17) is 11.5 Å². The van der Waals surface area contributed by atoms with Gasteiger partial charge in [-0.05, 0) is 42.2 Å². The molecule has 108 valence electrons. The minimum absolute atomic E-state index is 0.00861. The highest BCUT2D eigenvalue weighted by molar-refractivity contribution is 5.96. The highest BCUT2D eigenvalue weighted by Gasteiger charge is 2.20. The molecule has 1 amide bonds. The smallest absolute Gasteiger partial charge is 0.254 e. The maximum atomic E-state index is 12.7. The third-order valence-electron chi connectivity index (χ3n) is 3.87. The van der Waals surface area contributed by atoms with Crippen LogP contribution in [0.25, 0.3) is 0 Å². The lowest BCUT2D eigenvalue weighted by Crippen LogP contribution is -2.30. The monoisotopic (exact) mass is 281 g/mol. The lowest BCUT2D eigenvalue weighted by atomic mass is 10.0. The number of anilines is 2. The summed E-state index contributed by atoms with van der Waals surface area (Å²) in [5.74, 6) is -0.00861. The molecular weight excluding hydrogens is 262 g/mol. The van der Waals surface area contributed by atoms with E-state index >= 15 is 0 Å². The van der Waals surface area contributed by atoms with Crippen molar-refractivity contribution in [3.63, 3.8) is 0 Å². The Hall–Kier alpha value is -2.49. The van der Waals surface area contributed by atoms with Gasteiger partial charge in [-0.15, -0.1) is 0 Å². The van der Waals surface area contributed by atoms with Crippen LogP contribution in [0.3, 0.4) is 0 Å². The first kappa shape index (κ1) is 13.5. The molecule has 0 saturated carbocycles. The SMILES string of the molecule is Nc1cc(N)cc(C(=O)N2CCCc3ccccc3C2)c1. The second-order valence-corrected chi connectivity index (χ2v) is 5.49. The van der Waals surface area contributed by atoms with Crippen molar-refractivity contribution in [2.24, 2.45) is 0 Å². The van der Waals surface area contributed by atoms with Crippen LogP contribution in [0.15, 0.2) is 42.5 Å². The fourth-order valence-corrected chi connectivity index (χ4v) is 2.86. The highest BCUT2D eigenvalue weighted by atomic mass is 16.2. The number of carbonyl (C=O) groups is 1. The zero-order valence-corrected chi connectivity index (χ0v) is 11.9. The van der Waals surface area contributed by atoms with Crippen LogP contribution in [-0.2, 0) is 13.0 Å². The van der Waals surface area contributed by atoms with Gasteiger partial charge in [-0.2, -0.15) is 0 Å². The van der Waals surface area contributed by atoms with E-state index in [2.05, 4.69) is 18.2 Å². The second-order valence-electron chi connectivity index (χ2n) is 5.49. The second kappa shape index (κ2) is 5.48. The maximum Gasteiger partial charge on any atom is 0.254 e. The van der Waals surface area contributed by atoms with Crippen LogP contribution in [0.5, 0.6) is 0 Å². The molecule has 0 unspecified atom stereocenters. The summed E-state index contributed by atoms with van der Waals surface area (Å²) in [6.45, 7) is 1.39. The summed E-state index contributed by atoms with van der Waals surface area (Å²) in [6, 6.07) is 13.3. The Balaban J connectivity index is 1.88. The van der Waals surface area contributed by atoms with E-state index in [0.29, 0.717) is 23.5 Å². The summed E-state index contributed by atoms with van der Waals surface area (Å²) in [5.41, 5.74) is 15.7. The molecule has 4 nitrogen and oxygen atoms in total. The van der Waals surface area contributed by atoms with Gasteiger partial charge in [0.1, 0.15) is 0 Å². The van der Waals surface area contributed by atoms with Gasteiger partial charge in [0, 0.05) is 30.0 Å². The first-order valence-electron chi connectivity index (χ1n) is 7.15. The van der Waals surface area contributed by atoms with Crippen LogP contribution in [0, 0.1) is 0 Å². The molecule has 2 aromatic rings. The predicted octanol–water partition coefficient (Wildman–Crippen LogP) is 2.44. The molecule has 4 N–H and O–H groups in total. The summed E-state index contributed by atoms with van der Waals surface area (Å²) in [7, 11) is 0. The molecule has 0 radical (unpaired) electrons. The number of nitrogens with two attached hydrogens (primary N) is 2. The van der Waals surface area contributed by atoms with E-state index in [-0.39, 0.29) is 5.91 Å². The number of nitrogen functional groups attached to an aromatic ring is 2. The summed E-state index contributed by atoms with van der Waals surface area (Å²) in [4.78, 5) is 14.6. The summed E-state index contributed by atoms with van der Waals surface area (Å²) in [6.07, 6.45) is 1.99. The van der Waals surface area contributed by atoms with E-state index < -0.39 is 0 Å². The molecule has 0 atom stereocenters. The van der Waals surface area contributed by atoms with Crippen LogP contribution in [0.1, 0.15) is 27.9 Å². The van der Waals surface area contributed by atoms with Crippen molar-refractivity contribution in [3.8, 4) is 0 Å². The Bertz CT molecular complexity index is 661. The Morgan fingerprint density at radius 3 is 2.38 bits per heavy atom. The minimum Gasteiger partial charge on any atom is -0.399 e. The van der Waals surface area contributed by atoms with E-state index in [0.717, 1.165) is 19.4 Å². The average Bonchev–Trinajstić information content (AvgIpc) is 2.67. The number of fused-ring (bicyclic) bond motifs is 1. The van der Waals surface area contributed by atoms with Gasteiger partial charge in [-0.3, -0.25) is 4.79 Å². The normalized spacial score (nSPS) is 14.4. The van der Waals surface area contributed by atoms with E-state index in [9.17, 15) is 4.79 Å². The van der Waals surface area contributed by atoms with Crippen molar-refractivity contribution >= 4 is 17.3 Å². The van der Waals surface area contributed by atoms with Crippen molar-refractivity contribution in [1.29, 1.82) is 0 Å². The van der Waals surface area contributed by atoms with Crippen LogP contribution in [0.2, 0.25) is 0 Å². The zero-order chi connectivity index (χ0) is 14.8. The summed E-state index contributed by atoms with van der Waals surface area (Å²) in [5, 5.41) is 0. The lowest BCUT2D eigenvalue weighted by molar-refractivity contribution is 0.0746. The first-order valence-corrected chi connectivity index (χ1v) is 7.15. The van der Waals surface area contributed by atoms with Gasteiger partial charge in [-0.1, -0.05) is 24.3 Å². The molecule has 0 fully saturated rings. The molecule has 0 saturated heterocycles. The number of hydrogen-bond acceptors (Lipinski definition) is 3. The molecule has 4 heteroatoms. The van der Waals surface area contributed by atoms with Gasteiger partial charge in [0.2, 0.25) is 0 Å². The van der Waals surface area contributed by atoms with E-state index in [1.54, 1.807) is 18.2 Å². The maximum absolute atomic E-state index is 12.7. The van der Waals surface area contributed by atoms with Crippen LogP contribution in [-0.4, -0.2) is 17.4 Å². The fourth-order valence-electron chi connectivity index (χ4n) is 2.86. The van der Waals surface area contributed by atoms with Gasteiger partial charge >= 0.3 is 0 Å². The standard InChI is InChI=1S/C17H19N3O/c18-15-8-14(9-16(19)10-15)17(21)20-7-3-6-12-4-1-2-5-13(12)11-20/h1-2,4-5,8-10H,3,6-7,11,18-19H2. The zero-order valence-electron chi connectivity index (χ0n) is 11.9. The van der Waals surface area contributed by atoms with Crippen LogP contribution >= 0.6 is 0 Å². The van der Waals surface area contributed by atoms with Crippen molar-refractivity contribution in [2.75, 3.05) is 18.0 Å². The van der Waals surface area contributed by atoms with Gasteiger partial charge in [0.15, 0.2) is 0 Å². The van der Waals surface area contributed by atoms with Crippen molar-refractivity contribution in [3.05, 3.63) is 59.2 Å². The van der Waals surface area contributed by atoms with Crippen LogP contribution < -0.4 is 11.5 Å². The van der Waals surface area contributed by atoms with Gasteiger partial charge in [0.25, 0.3) is 5.91 Å². The molecule has 3 rings (SSSR count). The van der Waals surface area contributed by atoms with Crippen LogP contribution in [0.4, 0.5) is 11.4 Å². The number of aryl methyl sites for hydroxylation is 1. The predicted molar refractivity (Wildman–Crippen MR) is 84.8 cm³/mol. The molecule has 0 aromatic heterocycles. The number of amides is 1. The number of hydrogen-bond donors (Lipinski definition) is 2. The van der Waals surface area contributed by atoms with E-state index in [1.807, 2.05) is 11.0 Å². The summed E-state index contributed by atoms with van der Waals surface area (Å²) >= 11 is 0. The third kappa shape index (κ3) is 2.84. The average molecular weight is 281 g/mol. The summed E-state index contributed by atoms with van der Waals surface area (Å²) < 4.78 is 0. The Labute approximate surface area is 124 Å². The quantitative estimate of drug-likeness (QED) is 0.789. The Morgan fingerprint density at radius 2 is 1.67 bits per heavy atom. The molecule has 1 aliphatic rings. The molecule has 21 heavy (non-hydrogen) atoms. The molecule has 1 aliphatic heterocycles. The number of nitrogens with zero attached hydrogens (tertiary/aromatic N) is 1. The minimum atomic E-state index is -0.00861.